The third kappa shape index (κ3) is 1.36. The molecule has 0 amide bonds. The molecule has 3 N–H and O–H groups in total. The molecule has 1 aliphatic heterocycles. The zero-order valence-electron chi connectivity index (χ0n) is 9.47. The van der Waals surface area contributed by atoms with Crippen molar-refractivity contribution in [2.45, 2.75) is 5.60 Å². The second-order valence-corrected chi connectivity index (χ2v) is 4.23. The van der Waals surface area contributed by atoms with Crippen LogP contribution in [0.5, 0.6) is 0 Å². The summed E-state index contributed by atoms with van der Waals surface area (Å²) in [5, 5.41) is 10.8. The van der Waals surface area contributed by atoms with Crippen molar-refractivity contribution in [3.8, 4) is 0 Å². The van der Waals surface area contributed by atoms with Crippen molar-refractivity contribution < 1.29 is 9.50 Å². The Bertz CT molecular complexity index is 654. The molecule has 18 heavy (non-hydrogen) atoms. The van der Waals surface area contributed by atoms with Crippen LogP contribution in [0.25, 0.3) is 0 Å². The van der Waals surface area contributed by atoms with Gasteiger partial charge in [0.05, 0.1) is 5.69 Å². The summed E-state index contributed by atoms with van der Waals surface area (Å²) in [5.41, 5.74) is 5.85. The smallest absolute Gasteiger partial charge is 0.174 e. The molecular formula is C14H11FN2O. The predicted octanol–water partition coefficient (Wildman–Crippen LogP) is 2.06. The Morgan fingerprint density at radius 3 is 2.67 bits per heavy atom. The molecule has 1 unspecified atom stereocenters. The van der Waals surface area contributed by atoms with Gasteiger partial charge in [0.15, 0.2) is 5.60 Å². The van der Waals surface area contributed by atoms with Crippen LogP contribution >= 0.6 is 0 Å². The molecule has 0 aliphatic carbocycles. The van der Waals surface area contributed by atoms with Crippen LogP contribution in [0.4, 0.5) is 10.1 Å². The topological polar surface area (TPSA) is 58.6 Å². The number of benzene rings is 2. The first-order valence-corrected chi connectivity index (χ1v) is 5.55. The zero-order chi connectivity index (χ0) is 12.8. The van der Waals surface area contributed by atoms with Crippen LogP contribution in [0, 0.1) is 5.82 Å². The van der Waals surface area contributed by atoms with Gasteiger partial charge in [0.2, 0.25) is 0 Å². The SMILES string of the molecule is NC1=Nc2ccccc2C1(O)c1cccc(F)c1. The van der Waals surface area contributed by atoms with Crippen LogP contribution in [0.1, 0.15) is 11.1 Å². The van der Waals surface area contributed by atoms with Gasteiger partial charge in [-0.1, -0.05) is 30.3 Å². The standard InChI is InChI=1S/C14H11FN2O/c15-10-5-3-4-9(8-10)14(18)11-6-1-2-7-12(11)17-13(14)16/h1-8,18H,(H2,16,17). The van der Waals surface area contributed by atoms with Crippen LogP contribution in [0.3, 0.4) is 0 Å². The Labute approximate surface area is 103 Å². The van der Waals surface area contributed by atoms with Gasteiger partial charge in [0, 0.05) is 5.56 Å². The fourth-order valence-corrected chi connectivity index (χ4v) is 2.24. The van der Waals surface area contributed by atoms with E-state index in [2.05, 4.69) is 4.99 Å². The van der Waals surface area contributed by atoms with E-state index in [1.807, 2.05) is 6.07 Å². The summed E-state index contributed by atoms with van der Waals surface area (Å²) in [6, 6.07) is 12.9. The minimum absolute atomic E-state index is 0.0642. The summed E-state index contributed by atoms with van der Waals surface area (Å²) >= 11 is 0. The van der Waals surface area contributed by atoms with Crippen molar-refractivity contribution in [1.29, 1.82) is 0 Å². The molecule has 0 spiro atoms. The van der Waals surface area contributed by atoms with E-state index >= 15 is 0 Å². The lowest BCUT2D eigenvalue weighted by Gasteiger charge is -2.24. The molecule has 0 fully saturated rings. The van der Waals surface area contributed by atoms with E-state index in [0.717, 1.165) is 0 Å². The van der Waals surface area contributed by atoms with Crippen LogP contribution in [0.2, 0.25) is 0 Å². The van der Waals surface area contributed by atoms with Crippen LogP contribution < -0.4 is 5.73 Å². The Morgan fingerprint density at radius 1 is 1.11 bits per heavy atom. The van der Waals surface area contributed by atoms with Crippen molar-refractivity contribution in [2.24, 2.45) is 10.7 Å². The lowest BCUT2D eigenvalue weighted by Crippen LogP contribution is -2.39. The summed E-state index contributed by atoms with van der Waals surface area (Å²) < 4.78 is 13.3. The highest BCUT2D eigenvalue weighted by atomic mass is 19.1. The molecule has 0 radical (unpaired) electrons. The van der Waals surface area contributed by atoms with Crippen LogP contribution in [0.15, 0.2) is 53.5 Å². The Hall–Kier alpha value is -2.20. The van der Waals surface area contributed by atoms with Crippen LogP contribution in [-0.2, 0) is 5.60 Å². The van der Waals surface area contributed by atoms with E-state index in [-0.39, 0.29) is 5.84 Å². The number of rotatable bonds is 1. The zero-order valence-corrected chi connectivity index (χ0v) is 9.47. The molecule has 0 aromatic heterocycles. The fraction of sp³-hybridized carbons (Fsp3) is 0.0714. The van der Waals surface area contributed by atoms with Crippen molar-refractivity contribution in [2.75, 3.05) is 0 Å². The third-order valence-corrected chi connectivity index (χ3v) is 3.15. The largest absolute Gasteiger partial charge is 0.384 e. The van der Waals surface area contributed by atoms with Gasteiger partial charge < -0.3 is 10.8 Å². The van der Waals surface area contributed by atoms with Crippen molar-refractivity contribution in [1.82, 2.24) is 0 Å². The molecule has 1 atom stereocenters. The maximum absolute atomic E-state index is 13.3. The molecule has 3 nitrogen and oxygen atoms in total. The van der Waals surface area contributed by atoms with Crippen molar-refractivity contribution in [3.63, 3.8) is 0 Å². The van der Waals surface area contributed by atoms with E-state index in [1.54, 1.807) is 24.3 Å². The van der Waals surface area contributed by atoms with Crippen molar-refractivity contribution in [3.05, 3.63) is 65.5 Å². The number of nitrogens with two attached hydrogens (primary N) is 1. The Balaban J connectivity index is 2.25. The molecule has 1 heterocycles. The molecule has 2 aromatic carbocycles. The van der Waals surface area contributed by atoms with Gasteiger partial charge in [0.25, 0.3) is 0 Å². The maximum Gasteiger partial charge on any atom is 0.174 e. The van der Waals surface area contributed by atoms with E-state index < -0.39 is 11.4 Å². The molecule has 90 valence electrons. The molecule has 1 aliphatic rings. The lowest BCUT2D eigenvalue weighted by molar-refractivity contribution is 0.158. The molecule has 2 aromatic rings. The van der Waals surface area contributed by atoms with E-state index in [0.29, 0.717) is 16.8 Å². The van der Waals surface area contributed by atoms with Gasteiger partial charge >= 0.3 is 0 Å². The first kappa shape index (κ1) is 10.9. The number of hydrogen-bond donors (Lipinski definition) is 2. The van der Waals surface area contributed by atoms with E-state index in [1.165, 1.54) is 18.2 Å². The highest BCUT2D eigenvalue weighted by molar-refractivity contribution is 6.00. The van der Waals surface area contributed by atoms with Gasteiger partial charge in [-0.15, -0.1) is 0 Å². The van der Waals surface area contributed by atoms with Crippen molar-refractivity contribution >= 4 is 11.5 Å². The second kappa shape index (κ2) is 3.65. The summed E-state index contributed by atoms with van der Waals surface area (Å²) in [4.78, 5) is 4.13. The maximum atomic E-state index is 13.3. The number of aliphatic imine (C=N–C) groups is 1. The normalized spacial score (nSPS) is 21.6. The van der Waals surface area contributed by atoms with Gasteiger partial charge in [-0.25, -0.2) is 9.38 Å². The predicted molar refractivity (Wildman–Crippen MR) is 67.1 cm³/mol. The van der Waals surface area contributed by atoms with E-state index in [4.69, 9.17) is 5.73 Å². The number of amidine groups is 1. The van der Waals surface area contributed by atoms with Gasteiger partial charge in [-0.2, -0.15) is 0 Å². The minimum Gasteiger partial charge on any atom is -0.384 e. The number of fused-ring (bicyclic) bond motifs is 1. The fourth-order valence-electron chi connectivity index (χ4n) is 2.24. The average molecular weight is 242 g/mol. The molecular weight excluding hydrogens is 231 g/mol. The number of nitrogens with zero attached hydrogens (tertiary/aromatic N) is 1. The summed E-state index contributed by atoms with van der Waals surface area (Å²) in [7, 11) is 0. The molecule has 0 saturated heterocycles. The highest BCUT2D eigenvalue weighted by Gasteiger charge is 2.42. The molecule has 3 rings (SSSR count). The summed E-state index contributed by atoms with van der Waals surface area (Å²) in [5.74, 6) is -0.354. The highest BCUT2D eigenvalue weighted by Crippen LogP contribution is 2.41. The first-order chi connectivity index (χ1) is 8.62. The monoisotopic (exact) mass is 242 g/mol. The molecule has 0 bridgehead atoms. The van der Waals surface area contributed by atoms with Gasteiger partial charge in [-0.05, 0) is 23.8 Å². The lowest BCUT2D eigenvalue weighted by atomic mass is 9.86. The average Bonchev–Trinajstić information content (AvgIpc) is 2.63. The first-order valence-electron chi connectivity index (χ1n) is 5.55. The van der Waals surface area contributed by atoms with Crippen LogP contribution in [-0.4, -0.2) is 10.9 Å². The Morgan fingerprint density at radius 2 is 1.89 bits per heavy atom. The number of aliphatic hydroxyl groups is 1. The van der Waals surface area contributed by atoms with Gasteiger partial charge in [0.1, 0.15) is 11.7 Å². The summed E-state index contributed by atoms with van der Waals surface area (Å²) in [6.45, 7) is 0. The molecule has 4 heteroatoms. The number of para-hydroxylation sites is 1. The minimum atomic E-state index is -1.54. The Kier molecular flexibility index (Phi) is 2.21. The quantitative estimate of drug-likeness (QED) is 0.804. The van der Waals surface area contributed by atoms with E-state index in [9.17, 15) is 9.50 Å². The van der Waals surface area contributed by atoms with Gasteiger partial charge in [-0.3, -0.25) is 0 Å². The number of halogens is 1. The second-order valence-electron chi connectivity index (χ2n) is 4.23. The molecule has 0 saturated carbocycles. The number of hydrogen-bond acceptors (Lipinski definition) is 3. The third-order valence-electron chi connectivity index (χ3n) is 3.15. The summed E-state index contributed by atoms with van der Waals surface area (Å²) in [6.07, 6.45) is 0.